The second kappa shape index (κ2) is 17.5. The third kappa shape index (κ3) is 17.4. The summed E-state index contributed by atoms with van der Waals surface area (Å²) in [5.74, 6) is 0.962. The predicted molar refractivity (Wildman–Crippen MR) is 90.3 cm³/mol. The molecule has 0 aromatic rings. The second-order valence-corrected chi connectivity index (χ2v) is 5.82. The molecule has 0 rings (SSSR count). The predicted octanol–water partition coefficient (Wildman–Crippen LogP) is 4.96. The van der Waals surface area contributed by atoms with Crippen molar-refractivity contribution in [1.29, 1.82) is 0 Å². The van der Waals surface area contributed by atoms with Gasteiger partial charge in [-0.05, 0) is 24.7 Å². The summed E-state index contributed by atoms with van der Waals surface area (Å²) in [6.07, 6.45) is 9.57. The smallest absolute Gasteiger partial charge is 0.302 e. The Hall–Kier alpha value is -0.570. The normalized spacial score (nSPS) is 13.0. The highest BCUT2D eigenvalue weighted by molar-refractivity contribution is 5.65. The molecule has 1 N–H and O–H groups in total. The van der Waals surface area contributed by atoms with Crippen LogP contribution in [0.5, 0.6) is 0 Å². The minimum Gasteiger partial charge on any atom is -0.466 e. The topological polar surface area (TPSA) is 46.5 Å². The summed E-state index contributed by atoms with van der Waals surface area (Å²) in [5.41, 5.74) is 0. The van der Waals surface area contributed by atoms with E-state index >= 15 is 0 Å². The van der Waals surface area contributed by atoms with Crippen LogP contribution in [-0.2, 0) is 9.53 Å². The van der Waals surface area contributed by atoms with Gasteiger partial charge < -0.3 is 9.84 Å². The number of rotatable bonds is 11. The molecule has 3 heteroatoms. The van der Waals surface area contributed by atoms with Gasteiger partial charge in [0.05, 0.1) is 6.61 Å². The SMILES string of the molecule is CCCCC(CC)CO.CCCCC(CC)COC(C)=O. The molecule has 0 aromatic carbocycles. The number of unbranched alkanes of at least 4 members (excludes halogenated alkanes) is 2. The van der Waals surface area contributed by atoms with Crippen LogP contribution in [0.4, 0.5) is 0 Å². The molecular formula is C18H38O3. The van der Waals surface area contributed by atoms with Gasteiger partial charge in [-0.2, -0.15) is 0 Å². The van der Waals surface area contributed by atoms with Gasteiger partial charge in [-0.15, -0.1) is 0 Å². The van der Waals surface area contributed by atoms with Gasteiger partial charge in [0.25, 0.3) is 0 Å². The number of esters is 1. The van der Waals surface area contributed by atoms with Crippen molar-refractivity contribution in [2.24, 2.45) is 11.8 Å². The number of ether oxygens (including phenoxy) is 1. The summed E-state index contributed by atoms with van der Waals surface area (Å²) < 4.78 is 4.95. The molecule has 0 saturated carbocycles. The zero-order valence-electron chi connectivity index (χ0n) is 15.0. The molecule has 0 heterocycles. The molecule has 2 unspecified atom stereocenters. The zero-order valence-corrected chi connectivity index (χ0v) is 15.0. The maximum absolute atomic E-state index is 10.5. The van der Waals surface area contributed by atoms with Gasteiger partial charge in [0, 0.05) is 13.5 Å². The highest BCUT2D eigenvalue weighted by atomic mass is 16.5. The van der Waals surface area contributed by atoms with Crippen molar-refractivity contribution in [2.75, 3.05) is 13.2 Å². The van der Waals surface area contributed by atoms with Crippen molar-refractivity contribution in [1.82, 2.24) is 0 Å². The van der Waals surface area contributed by atoms with E-state index in [0.29, 0.717) is 25.0 Å². The summed E-state index contributed by atoms with van der Waals surface area (Å²) in [6, 6.07) is 0. The molecule has 0 aliphatic heterocycles. The molecule has 128 valence electrons. The van der Waals surface area contributed by atoms with Crippen LogP contribution in [-0.4, -0.2) is 24.3 Å². The molecule has 0 saturated heterocycles. The Morgan fingerprint density at radius 2 is 1.43 bits per heavy atom. The lowest BCUT2D eigenvalue weighted by molar-refractivity contribution is -0.142. The maximum atomic E-state index is 10.5. The van der Waals surface area contributed by atoms with Gasteiger partial charge in [-0.1, -0.05) is 66.2 Å². The minimum absolute atomic E-state index is 0.162. The van der Waals surface area contributed by atoms with Crippen LogP contribution in [0.15, 0.2) is 0 Å². The molecule has 0 spiro atoms. The molecule has 21 heavy (non-hydrogen) atoms. The largest absolute Gasteiger partial charge is 0.466 e. The molecule has 2 atom stereocenters. The third-order valence-corrected chi connectivity index (χ3v) is 3.87. The van der Waals surface area contributed by atoms with Crippen LogP contribution >= 0.6 is 0 Å². The zero-order chi connectivity index (χ0) is 16.5. The Balaban J connectivity index is 0. The highest BCUT2D eigenvalue weighted by Gasteiger charge is 2.06. The van der Waals surface area contributed by atoms with Crippen LogP contribution in [0.25, 0.3) is 0 Å². The first-order valence-electron chi connectivity index (χ1n) is 8.79. The Labute approximate surface area is 132 Å². The molecule has 0 aromatic heterocycles. The van der Waals surface area contributed by atoms with E-state index in [4.69, 9.17) is 9.84 Å². The number of hydrogen-bond acceptors (Lipinski definition) is 3. The van der Waals surface area contributed by atoms with Crippen LogP contribution in [0.1, 0.15) is 86.0 Å². The molecule has 0 fully saturated rings. The molecule has 3 nitrogen and oxygen atoms in total. The van der Waals surface area contributed by atoms with E-state index in [9.17, 15) is 4.79 Å². The fraction of sp³-hybridized carbons (Fsp3) is 0.944. The van der Waals surface area contributed by atoms with Crippen molar-refractivity contribution in [2.45, 2.75) is 86.0 Å². The highest BCUT2D eigenvalue weighted by Crippen LogP contribution is 2.12. The minimum atomic E-state index is -0.162. The first kappa shape index (κ1) is 22.7. The van der Waals surface area contributed by atoms with E-state index in [2.05, 4.69) is 27.7 Å². The standard InChI is InChI=1S/C10H20O2.C8H18O/c1-4-6-7-10(5-2)8-12-9(3)11;1-3-5-6-8(4-2)7-9/h10H,4-8H2,1-3H3;8-9H,3-7H2,1-2H3. The van der Waals surface area contributed by atoms with Crippen LogP contribution in [0, 0.1) is 11.8 Å². The number of aliphatic hydroxyl groups excluding tert-OH is 1. The number of carbonyl (C=O) groups is 1. The van der Waals surface area contributed by atoms with E-state index in [-0.39, 0.29) is 5.97 Å². The average molecular weight is 302 g/mol. The first-order valence-corrected chi connectivity index (χ1v) is 8.79. The summed E-state index contributed by atoms with van der Waals surface area (Å²) in [5, 5.41) is 8.75. The monoisotopic (exact) mass is 302 g/mol. The van der Waals surface area contributed by atoms with Crippen molar-refractivity contribution >= 4 is 5.97 Å². The number of aliphatic hydroxyl groups is 1. The molecule has 0 amide bonds. The van der Waals surface area contributed by atoms with E-state index in [0.717, 1.165) is 12.8 Å². The Kier molecular flexibility index (Phi) is 18.9. The van der Waals surface area contributed by atoms with Crippen LogP contribution < -0.4 is 0 Å². The van der Waals surface area contributed by atoms with Crippen molar-refractivity contribution < 1.29 is 14.6 Å². The van der Waals surface area contributed by atoms with E-state index in [1.54, 1.807) is 0 Å². The van der Waals surface area contributed by atoms with E-state index < -0.39 is 0 Å². The number of carbonyl (C=O) groups excluding carboxylic acids is 1. The summed E-state index contributed by atoms with van der Waals surface area (Å²) in [7, 11) is 0. The van der Waals surface area contributed by atoms with Gasteiger partial charge in [0.15, 0.2) is 0 Å². The van der Waals surface area contributed by atoms with Crippen molar-refractivity contribution in [3.8, 4) is 0 Å². The lowest BCUT2D eigenvalue weighted by Gasteiger charge is -2.13. The molecule has 0 aliphatic rings. The summed E-state index contributed by atoms with van der Waals surface area (Å²) in [4.78, 5) is 10.5. The van der Waals surface area contributed by atoms with Crippen molar-refractivity contribution in [3.63, 3.8) is 0 Å². The lowest BCUT2D eigenvalue weighted by Crippen LogP contribution is -2.11. The quantitative estimate of drug-likeness (QED) is 0.549. The Morgan fingerprint density at radius 3 is 1.76 bits per heavy atom. The third-order valence-electron chi connectivity index (χ3n) is 3.87. The van der Waals surface area contributed by atoms with Gasteiger partial charge in [-0.25, -0.2) is 0 Å². The van der Waals surface area contributed by atoms with E-state index in [1.807, 2.05) is 0 Å². The van der Waals surface area contributed by atoms with Crippen LogP contribution in [0.2, 0.25) is 0 Å². The fourth-order valence-electron chi connectivity index (χ4n) is 2.05. The molecule has 0 radical (unpaired) electrons. The van der Waals surface area contributed by atoms with Crippen molar-refractivity contribution in [3.05, 3.63) is 0 Å². The summed E-state index contributed by atoms with van der Waals surface area (Å²) in [6.45, 7) is 11.1. The fourth-order valence-corrected chi connectivity index (χ4v) is 2.05. The van der Waals surface area contributed by atoms with Gasteiger partial charge in [-0.3, -0.25) is 4.79 Å². The second-order valence-electron chi connectivity index (χ2n) is 5.82. The lowest BCUT2D eigenvalue weighted by atomic mass is 10.0. The average Bonchev–Trinajstić information content (AvgIpc) is 2.49. The first-order chi connectivity index (χ1) is 10.0. The molecule has 0 aliphatic carbocycles. The molecule has 0 bridgehead atoms. The van der Waals surface area contributed by atoms with Gasteiger partial charge in [0.1, 0.15) is 0 Å². The van der Waals surface area contributed by atoms with Crippen LogP contribution in [0.3, 0.4) is 0 Å². The van der Waals surface area contributed by atoms with Gasteiger partial charge in [0.2, 0.25) is 0 Å². The Morgan fingerprint density at radius 1 is 0.952 bits per heavy atom. The maximum Gasteiger partial charge on any atom is 0.302 e. The van der Waals surface area contributed by atoms with Gasteiger partial charge >= 0.3 is 5.97 Å². The summed E-state index contributed by atoms with van der Waals surface area (Å²) >= 11 is 0. The Bertz CT molecular complexity index is 213. The number of hydrogen-bond donors (Lipinski definition) is 1. The molecular weight excluding hydrogens is 264 g/mol. The van der Waals surface area contributed by atoms with E-state index in [1.165, 1.54) is 45.4 Å².